The van der Waals surface area contributed by atoms with E-state index < -0.39 is 73.0 Å². The topological polar surface area (TPSA) is 332 Å². The zero-order chi connectivity index (χ0) is 86.0. The first-order valence-corrected chi connectivity index (χ1v) is 40.0. The molecule has 6 aromatic carbocycles. The number of carbonyl (C=O) groups is 3. The van der Waals surface area contributed by atoms with Gasteiger partial charge in [0.1, 0.15) is 54.0 Å². The Labute approximate surface area is 689 Å². The van der Waals surface area contributed by atoms with Gasteiger partial charge in [0.2, 0.25) is 11.8 Å². The maximum Gasteiger partial charge on any atom is 0.423 e. The summed E-state index contributed by atoms with van der Waals surface area (Å²) >= 11 is 0. The van der Waals surface area contributed by atoms with Gasteiger partial charge in [-0.1, -0.05) is 54.6 Å². The van der Waals surface area contributed by atoms with E-state index in [9.17, 15) is 84.2 Å². The second-order valence-corrected chi connectivity index (χ2v) is 30.2. The number of hydrogen-bond acceptors (Lipinski definition) is 22. The lowest BCUT2D eigenvalue weighted by Crippen LogP contribution is -2.50. The average molecular weight is 1690 g/mol. The maximum atomic E-state index is 13.3. The highest BCUT2D eigenvalue weighted by atomic mass is 19.4. The first kappa shape index (κ1) is 88.5. The predicted molar refractivity (Wildman–Crippen MR) is 437 cm³/mol. The van der Waals surface area contributed by atoms with Crippen molar-refractivity contribution in [3.05, 3.63) is 211 Å². The molecule has 0 bridgehead atoms. The minimum absolute atomic E-state index is 0.00567. The molecule has 9 aromatic rings. The van der Waals surface area contributed by atoms with Crippen LogP contribution in [0.25, 0.3) is 32.7 Å². The Hall–Kier alpha value is -11.8. The van der Waals surface area contributed by atoms with Crippen LogP contribution in [0.1, 0.15) is 93.7 Å². The molecule has 0 atom stereocenters. The van der Waals surface area contributed by atoms with Gasteiger partial charge in [-0.2, -0.15) is 39.5 Å². The van der Waals surface area contributed by atoms with E-state index in [1.165, 1.54) is 23.6 Å². The van der Waals surface area contributed by atoms with Gasteiger partial charge in [0.05, 0.1) is 49.6 Å². The number of nitro groups is 3. The van der Waals surface area contributed by atoms with Gasteiger partial charge < -0.3 is 65.1 Å². The number of halogens is 9. The van der Waals surface area contributed by atoms with Crippen molar-refractivity contribution in [3.63, 3.8) is 0 Å². The molecule has 121 heavy (non-hydrogen) atoms. The van der Waals surface area contributed by atoms with Crippen LogP contribution in [0.5, 0.6) is 0 Å². The smallest absolute Gasteiger partial charge is 0.423 e. The number of aromatic nitrogens is 3. The number of ether oxygens (including phenoxy) is 3. The molecule has 6 fully saturated rings. The van der Waals surface area contributed by atoms with Crippen LogP contribution in [0.2, 0.25) is 0 Å². The van der Waals surface area contributed by atoms with Crippen LogP contribution >= 0.6 is 0 Å². The molecule has 0 radical (unpaired) electrons. The zero-order valence-corrected chi connectivity index (χ0v) is 65.8. The number of carboxylic acid groups (broad SMARTS) is 1. The summed E-state index contributed by atoms with van der Waals surface area (Å²) in [6, 6.07) is 45.0. The number of carbonyl (C=O) groups excluding carboxylic acids is 2. The summed E-state index contributed by atoms with van der Waals surface area (Å²) in [5.74, 6) is 1.73. The molecule has 37 heteroatoms. The first-order valence-electron chi connectivity index (χ1n) is 40.0. The van der Waals surface area contributed by atoms with E-state index in [1.807, 2.05) is 66.7 Å². The summed E-state index contributed by atoms with van der Waals surface area (Å²) in [4.78, 5) is 90.0. The molecule has 3 aromatic heterocycles. The molecule has 0 spiro atoms. The van der Waals surface area contributed by atoms with Crippen molar-refractivity contribution in [2.45, 2.75) is 132 Å². The van der Waals surface area contributed by atoms with Crippen LogP contribution < -0.4 is 36.0 Å². The van der Waals surface area contributed by atoms with Gasteiger partial charge in [-0.25, -0.2) is 19.7 Å². The molecule has 6 heterocycles. The van der Waals surface area contributed by atoms with E-state index in [0.717, 1.165) is 107 Å². The number of fused-ring (bicyclic) bond motifs is 3. The Kier molecular flexibility index (Phi) is 29.6. The predicted octanol–water partition coefficient (Wildman–Crippen LogP) is 15.6. The lowest BCUT2D eigenvalue weighted by atomic mass is 9.92. The Bertz CT molecular complexity index is 4860. The number of carboxylic acids is 1. The number of hydrogen-bond donors (Lipinski definition) is 5. The fourth-order valence-corrected chi connectivity index (χ4v) is 15.6. The Balaban J connectivity index is 0.000000155. The number of nitrogens with one attached hydrogen (secondary N) is 4. The van der Waals surface area contributed by atoms with Gasteiger partial charge in [0.25, 0.3) is 17.1 Å². The van der Waals surface area contributed by atoms with Crippen molar-refractivity contribution in [2.75, 3.05) is 129 Å². The number of anilines is 6. The van der Waals surface area contributed by atoms with Gasteiger partial charge in [-0.3, -0.25) is 39.9 Å². The molecule has 3 saturated carbocycles. The van der Waals surface area contributed by atoms with E-state index in [-0.39, 0.29) is 85.1 Å². The Morgan fingerprint density at radius 1 is 0.388 bits per heavy atom. The SMILES string of the molecule is O=C(COC1CCC(Nc2ccc([N+](=O)[O-])c(C(F)(F)F)c2)CC1)N1CCN(c2ccc3ccccc3n2)CC1.O=C(COC1CCC(Nc2ccc([N+](=O)[O-])c(C(F)(F)F)c2)CC1)N1CCN(c2ccc3ccccc3n2)CC1.O=C(O)COC1CCC(Nc2ccc([N+](=O)[O-])c(C(F)(F)F)c2)CC1.c1ccc2nc(N3CCNCC3)ccc2c1. The zero-order valence-electron chi connectivity index (χ0n) is 65.8. The van der Waals surface area contributed by atoms with E-state index in [2.05, 4.69) is 78.4 Å². The lowest BCUT2D eigenvalue weighted by molar-refractivity contribution is -0.388. The van der Waals surface area contributed by atoms with Gasteiger partial charge >= 0.3 is 24.5 Å². The molecule has 3 aliphatic heterocycles. The molecule has 3 saturated heterocycles. The first-order chi connectivity index (χ1) is 57.9. The fraction of sp³-hybridized carbons (Fsp3) is 0.429. The minimum atomic E-state index is -4.82. The average Bonchev–Trinajstić information content (AvgIpc) is 0.827. The quantitative estimate of drug-likeness (QED) is 0.0253. The number of pyridine rings is 3. The Morgan fingerprint density at radius 3 is 0.950 bits per heavy atom. The molecule has 28 nitrogen and oxygen atoms in total. The summed E-state index contributed by atoms with van der Waals surface area (Å²) in [6.07, 6.45) is -7.25. The Morgan fingerprint density at radius 2 is 0.669 bits per heavy atom. The molecule has 0 unspecified atom stereocenters. The second kappa shape index (κ2) is 40.5. The minimum Gasteiger partial charge on any atom is -0.480 e. The number of rotatable bonds is 21. The monoisotopic (exact) mass is 1690 g/mol. The van der Waals surface area contributed by atoms with Crippen molar-refractivity contribution >= 4 is 102 Å². The number of nitro benzene ring substituents is 3. The molecular weight excluding hydrogens is 1600 g/mol. The van der Waals surface area contributed by atoms with Crippen molar-refractivity contribution < 1.29 is 88.0 Å². The molecule has 15 rings (SSSR count). The third-order valence-electron chi connectivity index (χ3n) is 22.1. The summed E-state index contributed by atoms with van der Waals surface area (Å²) in [5.41, 5.74) is -3.24. The van der Waals surface area contributed by atoms with Gasteiger partial charge in [-0.15, -0.1) is 0 Å². The highest BCUT2D eigenvalue weighted by Gasteiger charge is 2.42. The van der Waals surface area contributed by atoms with E-state index in [4.69, 9.17) is 34.3 Å². The number of alkyl halides is 9. The van der Waals surface area contributed by atoms with E-state index >= 15 is 0 Å². The largest absolute Gasteiger partial charge is 0.480 e. The fourth-order valence-electron chi connectivity index (χ4n) is 15.6. The van der Waals surface area contributed by atoms with Gasteiger partial charge in [0.15, 0.2) is 0 Å². The molecule has 2 amide bonds. The highest BCUT2D eigenvalue weighted by molar-refractivity contribution is 5.83. The van der Waals surface area contributed by atoms with Gasteiger partial charge in [-0.05, 0) is 168 Å². The summed E-state index contributed by atoms with van der Waals surface area (Å²) in [5, 5.41) is 57.1. The van der Waals surface area contributed by atoms with Crippen LogP contribution in [0, 0.1) is 30.3 Å². The van der Waals surface area contributed by atoms with Crippen molar-refractivity contribution in [1.82, 2.24) is 30.1 Å². The molecular formula is C84H92F9N15O13. The van der Waals surface area contributed by atoms with Crippen LogP contribution in [0.15, 0.2) is 164 Å². The number of benzene rings is 6. The van der Waals surface area contributed by atoms with E-state index in [1.54, 1.807) is 9.80 Å². The van der Waals surface area contributed by atoms with Crippen LogP contribution in [-0.4, -0.2) is 197 Å². The molecule has 3 aliphatic carbocycles. The third-order valence-corrected chi connectivity index (χ3v) is 22.1. The highest BCUT2D eigenvalue weighted by Crippen LogP contribution is 2.42. The molecule has 6 aliphatic rings. The number of aliphatic carboxylic acids is 1. The number of para-hydroxylation sites is 3. The van der Waals surface area contributed by atoms with Gasteiger partial charge in [0, 0.05) is 148 Å². The number of piperazine rings is 3. The third kappa shape index (κ3) is 24.7. The van der Waals surface area contributed by atoms with Crippen LogP contribution in [0.3, 0.4) is 0 Å². The van der Waals surface area contributed by atoms with Crippen molar-refractivity contribution in [1.29, 1.82) is 0 Å². The maximum absolute atomic E-state index is 13.3. The van der Waals surface area contributed by atoms with Crippen molar-refractivity contribution in [3.8, 4) is 0 Å². The number of amides is 2. The summed E-state index contributed by atoms with van der Waals surface area (Å²) in [7, 11) is 0. The number of nitrogens with zero attached hydrogens (tertiary/aromatic N) is 11. The lowest BCUT2D eigenvalue weighted by Gasteiger charge is -2.36. The standard InChI is InChI=1S/2C28H30F3N5O4.C15H17F3N2O5.C13H15N3/c2*29-28(30,31)23-17-21(8-11-25(23)36(38)39)32-20-6-9-22(10-7-20)40-18-27(37)35-15-13-34(14-16-35)26-12-5-19-3-1-2-4-24(19)33-26;16-15(17,18)12-7-10(3-6-13(12)20(23)24)19-9-1-4-11(5-2-9)25-8-14(21)22;1-2-4-12-11(3-1)5-6-13(15-12)16-9-7-14-8-10-16/h2*1-5,8,11-12,17,20,22,32H,6-7,9-10,13-16,18H2;3,6-7,9,11,19H,1-2,4-5,8H2,(H,21,22);1-6,14H,7-10H2. The summed E-state index contributed by atoms with van der Waals surface area (Å²) < 4.78 is 135. The molecule has 644 valence electrons. The second-order valence-electron chi connectivity index (χ2n) is 30.2. The molecule has 5 N–H and O–H groups in total. The summed E-state index contributed by atoms with van der Waals surface area (Å²) in [6.45, 7) is 8.90. The van der Waals surface area contributed by atoms with E-state index in [0.29, 0.717) is 129 Å². The normalized spacial score (nSPS) is 19.7. The van der Waals surface area contributed by atoms with Crippen LogP contribution in [-0.2, 0) is 47.1 Å². The van der Waals surface area contributed by atoms with Crippen molar-refractivity contribution in [2.24, 2.45) is 0 Å². The van der Waals surface area contributed by atoms with Crippen LogP contribution in [0.4, 0.5) is 91.1 Å².